The summed E-state index contributed by atoms with van der Waals surface area (Å²) in [6.07, 6.45) is 0.259. The van der Waals surface area contributed by atoms with Crippen LogP contribution in [-0.2, 0) is 4.74 Å². The molecule has 2 rings (SSSR count). The second kappa shape index (κ2) is 6.16. The molecule has 3 atom stereocenters. The Labute approximate surface area is 117 Å². The highest BCUT2D eigenvalue weighted by Gasteiger charge is 2.25. The molecule has 0 amide bonds. The number of nitrogens with zero attached hydrogens (tertiary/aromatic N) is 1. The molecule has 1 fully saturated rings. The number of hydrogen-bond acceptors (Lipinski definition) is 2. The lowest BCUT2D eigenvalue weighted by Crippen LogP contribution is -2.46. The summed E-state index contributed by atoms with van der Waals surface area (Å²) >= 11 is 6.22. The van der Waals surface area contributed by atoms with Crippen molar-refractivity contribution in [3.8, 4) is 0 Å². The Morgan fingerprint density at radius 2 is 1.95 bits per heavy atom. The van der Waals surface area contributed by atoms with E-state index in [9.17, 15) is 8.78 Å². The minimum atomic E-state index is -0.562. The number of benzene rings is 1. The Bertz CT molecular complexity index is 433. The lowest BCUT2D eigenvalue weighted by molar-refractivity contribution is -0.0678. The molecule has 0 aliphatic carbocycles. The van der Waals surface area contributed by atoms with E-state index in [1.807, 2.05) is 13.8 Å². The van der Waals surface area contributed by atoms with E-state index in [1.165, 1.54) is 6.07 Å². The van der Waals surface area contributed by atoms with E-state index in [4.69, 9.17) is 16.3 Å². The fourth-order valence-corrected chi connectivity index (χ4v) is 2.88. The summed E-state index contributed by atoms with van der Waals surface area (Å²) in [5.41, 5.74) is 0.216. The Morgan fingerprint density at radius 3 is 2.58 bits per heavy atom. The standard InChI is InChI=1S/C14H18ClF2NO/c1-9-6-18(7-10(2)19-9)8-13(15)12-5-11(16)3-4-14(12)17/h3-5,9-10,13H,6-8H2,1-2H3. The molecule has 0 radical (unpaired) electrons. The van der Waals surface area contributed by atoms with Gasteiger partial charge in [-0.2, -0.15) is 0 Å². The highest BCUT2D eigenvalue weighted by molar-refractivity contribution is 6.21. The van der Waals surface area contributed by atoms with Crippen molar-refractivity contribution in [1.29, 1.82) is 0 Å². The molecule has 1 aromatic rings. The number of rotatable bonds is 3. The molecule has 1 saturated heterocycles. The van der Waals surface area contributed by atoms with Crippen molar-refractivity contribution >= 4 is 11.6 Å². The van der Waals surface area contributed by atoms with E-state index in [0.29, 0.717) is 6.54 Å². The van der Waals surface area contributed by atoms with Gasteiger partial charge in [0.25, 0.3) is 0 Å². The molecule has 5 heteroatoms. The first-order chi connectivity index (χ1) is 8.95. The van der Waals surface area contributed by atoms with Gasteiger partial charge in [0.15, 0.2) is 0 Å². The number of ether oxygens (including phenoxy) is 1. The zero-order chi connectivity index (χ0) is 14.0. The zero-order valence-corrected chi connectivity index (χ0v) is 11.8. The summed E-state index contributed by atoms with van der Waals surface area (Å²) in [7, 11) is 0. The summed E-state index contributed by atoms with van der Waals surface area (Å²) in [5, 5.41) is -0.562. The fourth-order valence-electron chi connectivity index (χ4n) is 2.51. The van der Waals surface area contributed by atoms with Crippen LogP contribution in [0.1, 0.15) is 24.8 Å². The van der Waals surface area contributed by atoms with Gasteiger partial charge in [0.2, 0.25) is 0 Å². The molecule has 1 heterocycles. The normalized spacial score (nSPS) is 26.4. The maximum absolute atomic E-state index is 13.6. The van der Waals surface area contributed by atoms with Crippen molar-refractivity contribution in [2.24, 2.45) is 0 Å². The number of morpholine rings is 1. The lowest BCUT2D eigenvalue weighted by Gasteiger charge is -2.36. The van der Waals surface area contributed by atoms with Gasteiger partial charge in [-0.3, -0.25) is 4.90 Å². The van der Waals surface area contributed by atoms with E-state index in [-0.39, 0.29) is 17.8 Å². The third-order valence-corrected chi connectivity index (χ3v) is 3.58. The van der Waals surface area contributed by atoms with Crippen LogP contribution in [0.3, 0.4) is 0 Å². The van der Waals surface area contributed by atoms with Crippen LogP contribution in [0.5, 0.6) is 0 Å². The quantitative estimate of drug-likeness (QED) is 0.791. The van der Waals surface area contributed by atoms with Gasteiger partial charge in [-0.05, 0) is 32.0 Å². The smallest absolute Gasteiger partial charge is 0.128 e. The molecule has 2 nitrogen and oxygen atoms in total. The molecule has 106 valence electrons. The Hall–Kier alpha value is -0.710. The third kappa shape index (κ3) is 3.88. The first-order valence-electron chi connectivity index (χ1n) is 6.42. The van der Waals surface area contributed by atoms with E-state index in [1.54, 1.807) is 0 Å². The molecule has 0 spiro atoms. The lowest BCUT2D eigenvalue weighted by atomic mass is 10.1. The SMILES string of the molecule is CC1CN(CC(Cl)c2cc(F)ccc2F)CC(C)O1. The van der Waals surface area contributed by atoms with E-state index < -0.39 is 17.0 Å². The minimum Gasteiger partial charge on any atom is -0.373 e. The van der Waals surface area contributed by atoms with Gasteiger partial charge >= 0.3 is 0 Å². The van der Waals surface area contributed by atoms with Crippen LogP contribution in [-0.4, -0.2) is 36.7 Å². The van der Waals surface area contributed by atoms with Gasteiger partial charge in [0, 0.05) is 25.2 Å². The molecule has 1 aliphatic rings. The van der Waals surface area contributed by atoms with Gasteiger partial charge in [-0.15, -0.1) is 11.6 Å². The van der Waals surface area contributed by atoms with Gasteiger partial charge < -0.3 is 4.74 Å². The van der Waals surface area contributed by atoms with E-state index >= 15 is 0 Å². The average molecular weight is 290 g/mol. The maximum Gasteiger partial charge on any atom is 0.128 e. The zero-order valence-electron chi connectivity index (χ0n) is 11.1. The van der Waals surface area contributed by atoms with Crippen LogP contribution in [0.4, 0.5) is 8.78 Å². The molecular weight excluding hydrogens is 272 g/mol. The third-order valence-electron chi connectivity index (χ3n) is 3.21. The van der Waals surface area contributed by atoms with Gasteiger partial charge in [0.05, 0.1) is 17.6 Å². The van der Waals surface area contributed by atoms with Crippen LogP contribution >= 0.6 is 11.6 Å². The largest absolute Gasteiger partial charge is 0.373 e. The van der Waals surface area contributed by atoms with Crippen LogP contribution in [0.25, 0.3) is 0 Å². The van der Waals surface area contributed by atoms with Crippen molar-refractivity contribution in [3.63, 3.8) is 0 Å². The second-order valence-electron chi connectivity index (χ2n) is 5.11. The van der Waals surface area contributed by atoms with Crippen LogP contribution < -0.4 is 0 Å². The fraction of sp³-hybridized carbons (Fsp3) is 0.571. The van der Waals surface area contributed by atoms with Crippen LogP contribution in [0, 0.1) is 11.6 Å². The first-order valence-corrected chi connectivity index (χ1v) is 6.86. The summed E-state index contributed by atoms with van der Waals surface area (Å²) < 4.78 is 32.4. The van der Waals surface area contributed by atoms with Gasteiger partial charge in [-0.1, -0.05) is 0 Å². The second-order valence-corrected chi connectivity index (χ2v) is 5.64. The minimum absolute atomic E-state index is 0.130. The van der Waals surface area contributed by atoms with E-state index in [0.717, 1.165) is 25.2 Å². The molecule has 0 N–H and O–H groups in total. The van der Waals surface area contributed by atoms with Crippen molar-refractivity contribution in [2.45, 2.75) is 31.4 Å². The summed E-state index contributed by atoms with van der Waals surface area (Å²) in [6.45, 7) is 5.98. The number of alkyl halides is 1. The highest BCUT2D eigenvalue weighted by atomic mass is 35.5. The van der Waals surface area contributed by atoms with E-state index in [2.05, 4.69) is 4.90 Å². The molecule has 1 aliphatic heterocycles. The van der Waals surface area contributed by atoms with Crippen molar-refractivity contribution in [1.82, 2.24) is 4.90 Å². The van der Waals surface area contributed by atoms with Crippen LogP contribution in [0.2, 0.25) is 0 Å². The Kier molecular flexibility index (Phi) is 4.76. The van der Waals surface area contributed by atoms with Gasteiger partial charge in [0.1, 0.15) is 11.6 Å². The summed E-state index contributed by atoms with van der Waals surface area (Å²) in [6, 6.07) is 3.38. The Morgan fingerprint density at radius 1 is 1.32 bits per heavy atom. The summed E-state index contributed by atoms with van der Waals surface area (Å²) in [4.78, 5) is 2.13. The number of hydrogen-bond donors (Lipinski definition) is 0. The molecule has 3 unspecified atom stereocenters. The number of halogens is 3. The predicted octanol–water partition coefficient (Wildman–Crippen LogP) is 3.35. The van der Waals surface area contributed by atoms with Crippen LogP contribution in [0.15, 0.2) is 18.2 Å². The van der Waals surface area contributed by atoms with Crippen molar-refractivity contribution < 1.29 is 13.5 Å². The highest BCUT2D eigenvalue weighted by Crippen LogP contribution is 2.26. The molecular formula is C14H18ClF2NO. The maximum atomic E-state index is 13.6. The topological polar surface area (TPSA) is 12.5 Å². The molecule has 19 heavy (non-hydrogen) atoms. The van der Waals surface area contributed by atoms with Crippen molar-refractivity contribution in [2.75, 3.05) is 19.6 Å². The summed E-state index contributed by atoms with van der Waals surface area (Å²) in [5.74, 6) is -0.929. The Balaban J connectivity index is 2.04. The molecule has 0 saturated carbocycles. The average Bonchev–Trinajstić information content (AvgIpc) is 2.30. The predicted molar refractivity (Wildman–Crippen MR) is 71.4 cm³/mol. The first kappa shape index (κ1) is 14.7. The molecule has 1 aromatic carbocycles. The van der Waals surface area contributed by atoms with Gasteiger partial charge in [-0.25, -0.2) is 8.78 Å². The molecule has 0 aromatic heterocycles. The van der Waals surface area contributed by atoms with Crippen molar-refractivity contribution in [3.05, 3.63) is 35.4 Å². The molecule has 0 bridgehead atoms. The monoisotopic (exact) mass is 289 g/mol.